The molecular formula is C27H23N3. The molecule has 146 valence electrons. The van der Waals surface area contributed by atoms with E-state index in [1.165, 1.54) is 27.5 Å². The third-order valence-electron chi connectivity index (χ3n) is 6.34. The minimum absolute atomic E-state index is 0.381. The minimum atomic E-state index is 0.381. The molecule has 2 heterocycles. The van der Waals surface area contributed by atoms with Crippen LogP contribution < -0.4 is 0 Å². The van der Waals surface area contributed by atoms with Crippen molar-refractivity contribution in [1.29, 1.82) is 0 Å². The summed E-state index contributed by atoms with van der Waals surface area (Å²) in [5, 5.41) is 11.5. The van der Waals surface area contributed by atoms with Gasteiger partial charge in [0, 0.05) is 30.5 Å². The Hall–Kier alpha value is -3.30. The summed E-state index contributed by atoms with van der Waals surface area (Å²) in [4.78, 5) is 2.42. The zero-order valence-electron chi connectivity index (χ0n) is 17.0. The van der Waals surface area contributed by atoms with Gasteiger partial charge in [0.25, 0.3) is 0 Å². The molecule has 3 heteroatoms. The van der Waals surface area contributed by atoms with Crippen molar-refractivity contribution in [3.63, 3.8) is 0 Å². The van der Waals surface area contributed by atoms with E-state index >= 15 is 0 Å². The standard InChI is InChI=1S/C27H23N3/c1-30-16-23-15-22(27-13-12-26(28-29-27)19-7-8-19)10-11-24(23)25(17-30)21-9-6-18-4-2-3-5-20(18)14-21/h2-15,19,25H,16-17H2,1H3. The summed E-state index contributed by atoms with van der Waals surface area (Å²) in [6, 6.07) is 26.5. The molecule has 1 aliphatic carbocycles. The molecule has 1 atom stereocenters. The molecule has 3 aromatic carbocycles. The Balaban J connectivity index is 1.37. The van der Waals surface area contributed by atoms with Crippen LogP contribution in [0.4, 0.5) is 0 Å². The van der Waals surface area contributed by atoms with Gasteiger partial charge in [-0.2, -0.15) is 10.2 Å². The van der Waals surface area contributed by atoms with Crippen LogP contribution in [0.25, 0.3) is 22.0 Å². The smallest absolute Gasteiger partial charge is 0.0929 e. The summed E-state index contributed by atoms with van der Waals surface area (Å²) in [7, 11) is 2.21. The first kappa shape index (κ1) is 17.5. The molecule has 3 nitrogen and oxygen atoms in total. The largest absolute Gasteiger partial charge is 0.301 e. The lowest BCUT2D eigenvalue weighted by molar-refractivity contribution is 0.295. The monoisotopic (exact) mass is 389 g/mol. The lowest BCUT2D eigenvalue weighted by Crippen LogP contribution is -2.31. The molecular weight excluding hydrogens is 366 g/mol. The molecule has 0 spiro atoms. The number of benzene rings is 3. The average Bonchev–Trinajstić information content (AvgIpc) is 3.63. The van der Waals surface area contributed by atoms with Crippen LogP contribution >= 0.6 is 0 Å². The number of nitrogens with zero attached hydrogens (tertiary/aromatic N) is 3. The maximum atomic E-state index is 4.49. The molecule has 6 rings (SSSR count). The lowest BCUT2D eigenvalue weighted by Gasteiger charge is -2.33. The molecule has 0 bridgehead atoms. The molecule has 0 saturated carbocycles. The maximum absolute atomic E-state index is 4.49. The molecule has 1 aliphatic heterocycles. The second-order valence-corrected chi connectivity index (χ2v) is 8.52. The summed E-state index contributed by atoms with van der Waals surface area (Å²) >= 11 is 0. The number of rotatable bonds is 3. The Morgan fingerprint density at radius 2 is 1.70 bits per heavy atom. The van der Waals surface area contributed by atoms with Crippen LogP contribution in [0, 0.1) is 0 Å². The van der Waals surface area contributed by atoms with Crippen LogP contribution in [-0.4, -0.2) is 28.7 Å². The lowest BCUT2D eigenvalue weighted by atomic mass is 9.83. The van der Waals surface area contributed by atoms with Crippen LogP contribution in [0.3, 0.4) is 0 Å². The normalized spacial score (nSPS) is 18.5. The third kappa shape index (κ3) is 3.12. The van der Waals surface area contributed by atoms with E-state index in [1.807, 2.05) is 0 Å². The van der Waals surface area contributed by atoms with E-state index in [0.717, 1.165) is 30.0 Å². The van der Waals surface area contributed by atoms with Gasteiger partial charge >= 0.3 is 0 Å². The van der Waals surface area contributed by atoms with Gasteiger partial charge in [-0.3, -0.25) is 0 Å². The zero-order chi connectivity index (χ0) is 20.1. The Bertz CT molecular complexity index is 1270. The topological polar surface area (TPSA) is 29.0 Å². The minimum Gasteiger partial charge on any atom is -0.301 e. The zero-order valence-corrected chi connectivity index (χ0v) is 17.0. The molecule has 2 aliphatic rings. The molecule has 4 aromatic rings. The van der Waals surface area contributed by atoms with Crippen molar-refractivity contribution in [1.82, 2.24) is 15.1 Å². The molecule has 0 fully saturated rings. The number of hydrogen-bond donors (Lipinski definition) is 0. The number of fused-ring (bicyclic) bond motifs is 2. The van der Waals surface area contributed by atoms with Crippen molar-refractivity contribution in [3.8, 4) is 11.3 Å². The average molecular weight is 390 g/mol. The van der Waals surface area contributed by atoms with Gasteiger partial charge in [0.15, 0.2) is 0 Å². The van der Waals surface area contributed by atoms with Crippen molar-refractivity contribution in [2.75, 3.05) is 13.6 Å². The fraction of sp³-hybridized carbons (Fsp3) is 0.185. The summed E-state index contributed by atoms with van der Waals surface area (Å²) in [6.45, 7) is 2.00. The molecule has 0 amide bonds. The summed E-state index contributed by atoms with van der Waals surface area (Å²) in [5.74, 6) is 0.776. The van der Waals surface area contributed by atoms with Crippen LogP contribution in [0.15, 0.2) is 84.9 Å². The highest BCUT2D eigenvalue weighted by atomic mass is 15.1. The van der Waals surface area contributed by atoms with Crippen molar-refractivity contribution in [3.05, 3.63) is 107 Å². The second kappa shape index (κ2) is 6.89. The SMILES string of the molecule is CN1Cc2cc(-c3ccc(C4C=C4)nn3)ccc2C(c2ccc3ccccc3c2)C1. The number of hydrogen-bond acceptors (Lipinski definition) is 3. The Kier molecular flexibility index (Phi) is 4.03. The van der Waals surface area contributed by atoms with Gasteiger partial charge in [-0.25, -0.2) is 0 Å². The highest BCUT2D eigenvalue weighted by Gasteiger charge is 2.25. The Morgan fingerprint density at radius 1 is 0.833 bits per heavy atom. The van der Waals surface area contributed by atoms with Gasteiger partial charge in [0.05, 0.1) is 11.4 Å². The predicted octanol–water partition coefficient (Wildman–Crippen LogP) is 5.53. The number of aromatic nitrogens is 2. The molecule has 0 radical (unpaired) electrons. The molecule has 1 unspecified atom stereocenters. The Morgan fingerprint density at radius 3 is 2.50 bits per heavy atom. The van der Waals surface area contributed by atoms with Crippen molar-refractivity contribution in [2.45, 2.75) is 18.4 Å². The second-order valence-electron chi connectivity index (χ2n) is 8.52. The quantitative estimate of drug-likeness (QED) is 0.432. The van der Waals surface area contributed by atoms with Gasteiger partial charge in [-0.15, -0.1) is 0 Å². The van der Waals surface area contributed by atoms with Gasteiger partial charge in [-0.05, 0) is 52.7 Å². The van der Waals surface area contributed by atoms with Crippen LogP contribution in [0.1, 0.15) is 34.2 Å². The van der Waals surface area contributed by atoms with Crippen molar-refractivity contribution >= 4 is 10.8 Å². The van der Waals surface area contributed by atoms with Gasteiger partial charge in [0.2, 0.25) is 0 Å². The maximum Gasteiger partial charge on any atom is 0.0929 e. The van der Waals surface area contributed by atoms with E-state index < -0.39 is 0 Å². The van der Waals surface area contributed by atoms with E-state index in [1.54, 1.807) is 0 Å². The number of allylic oxidation sites excluding steroid dienone is 2. The Labute approximate surface area is 176 Å². The number of likely N-dealkylation sites (N-methyl/N-ethyl adjacent to an activating group) is 1. The van der Waals surface area contributed by atoms with E-state index in [9.17, 15) is 0 Å². The molecule has 1 aromatic heterocycles. The summed E-state index contributed by atoms with van der Waals surface area (Å²) < 4.78 is 0. The van der Waals surface area contributed by atoms with E-state index in [0.29, 0.717) is 11.8 Å². The molecule has 0 saturated heterocycles. The fourth-order valence-corrected chi connectivity index (χ4v) is 4.64. The first-order valence-corrected chi connectivity index (χ1v) is 10.6. The van der Waals surface area contributed by atoms with Crippen LogP contribution in [0.5, 0.6) is 0 Å². The van der Waals surface area contributed by atoms with Gasteiger partial charge < -0.3 is 4.90 Å². The van der Waals surface area contributed by atoms with Crippen LogP contribution in [0.2, 0.25) is 0 Å². The first-order valence-electron chi connectivity index (χ1n) is 10.6. The fourth-order valence-electron chi connectivity index (χ4n) is 4.64. The predicted molar refractivity (Wildman–Crippen MR) is 121 cm³/mol. The van der Waals surface area contributed by atoms with Gasteiger partial charge in [0.1, 0.15) is 0 Å². The summed E-state index contributed by atoms with van der Waals surface area (Å²) in [6.07, 6.45) is 4.29. The van der Waals surface area contributed by atoms with Gasteiger partial charge in [-0.1, -0.05) is 66.7 Å². The van der Waals surface area contributed by atoms with E-state index in [-0.39, 0.29) is 0 Å². The highest BCUT2D eigenvalue weighted by molar-refractivity contribution is 5.83. The highest BCUT2D eigenvalue weighted by Crippen LogP contribution is 2.36. The third-order valence-corrected chi connectivity index (χ3v) is 6.34. The first-order chi connectivity index (χ1) is 14.7. The molecule has 30 heavy (non-hydrogen) atoms. The van der Waals surface area contributed by atoms with Crippen LogP contribution in [-0.2, 0) is 6.54 Å². The summed E-state index contributed by atoms with van der Waals surface area (Å²) in [5.41, 5.74) is 7.32. The van der Waals surface area contributed by atoms with Crippen molar-refractivity contribution in [2.24, 2.45) is 0 Å². The van der Waals surface area contributed by atoms with Crippen molar-refractivity contribution < 1.29 is 0 Å². The van der Waals surface area contributed by atoms with E-state index in [2.05, 4.69) is 107 Å². The molecule has 0 N–H and O–H groups in total. The van der Waals surface area contributed by atoms with E-state index in [4.69, 9.17) is 0 Å².